The van der Waals surface area contributed by atoms with E-state index in [1.165, 1.54) is 0 Å². The first-order valence-electron chi connectivity index (χ1n) is 7.95. The first-order chi connectivity index (χ1) is 11.8. The Labute approximate surface area is 143 Å². The van der Waals surface area contributed by atoms with E-state index in [0.717, 1.165) is 11.1 Å². The zero-order valence-electron chi connectivity index (χ0n) is 14.4. The molecule has 0 unspecified atom stereocenters. The molecule has 2 aromatic heterocycles. The van der Waals surface area contributed by atoms with Crippen LogP contribution < -0.4 is 9.13 Å². The second-order valence-electron chi connectivity index (χ2n) is 5.26. The van der Waals surface area contributed by atoms with Gasteiger partial charge in [0, 0.05) is 38.5 Å². The molecule has 0 atom stereocenters. The minimum absolute atomic E-state index is 0.525. The highest BCUT2D eigenvalue weighted by Crippen LogP contribution is 2.15. The molecule has 0 aliphatic rings. The highest BCUT2D eigenvalue weighted by molar-refractivity contribution is 5.60. The van der Waals surface area contributed by atoms with E-state index in [2.05, 4.69) is 24.3 Å². The molecule has 0 saturated carbocycles. The van der Waals surface area contributed by atoms with Crippen LogP contribution in [0.3, 0.4) is 0 Å². The molecule has 0 aliphatic heterocycles. The van der Waals surface area contributed by atoms with Crippen molar-refractivity contribution in [3.8, 4) is 11.1 Å². The number of aromatic nitrogens is 2. The Kier molecular flexibility index (Phi) is 8.34. The van der Waals surface area contributed by atoms with Crippen molar-refractivity contribution in [2.75, 3.05) is 40.6 Å². The molecule has 2 aromatic rings. The van der Waals surface area contributed by atoms with Gasteiger partial charge in [0.2, 0.25) is 0 Å². The summed E-state index contributed by atoms with van der Waals surface area (Å²) in [4.78, 5) is 0. The Morgan fingerprint density at radius 2 is 1.00 bits per heavy atom. The van der Waals surface area contributed by atoms with E-state index in [1.807, 2.05) is 33.9 Å². The lowest BCUT2D eigenvalue weighted by molar-refractivity contribution is -0.733. The quantitative estimate of drug-likeness (QED) is 0.457. The Balaban J connectivity index is 1.84. The molecule has 0 spiro atoms. The van der Waals surface area contributed by atoms with Gasteiger partial charge in [-0.05, 0) is 11.1 Å². The van der Waals surface area contributed by atoms with E-state index in [1.54, 1.807) is 14.2 Å². The van der Waals surface area contributed by atoms with E-state index >= 15 is 0 Å². The fraction of sp³-hybridized carbons (Fsp3) is 0.444. The Morgan fingerprint density at radius 3 is 1.33 bits per heavy atom. The molecule has 0 aliphatic carbocycles. The van der Waals surface area contributed by atoms with Crippen LogP contribution in [-0.4, -0.2) is 40.6 Å². The van der Waals surface area contributed by atoms with Crippen LogP contribution in [0.25, 0.3) is 11.1 Å². The zero-order valence-corrected chi connectivity index (χ0v) is 14.4. The summed E-state index contributed by atoms with van der Waals surface area (Å²) in [6.07, 6.45) is 8.04. The molecule has 0 fully saturated rings. The first kappa shape index (κ1) is 18.5. The van der Waals surface area contributed by atoms with Crippen LogP contribution in [0.4, 0.5) is 0 Å². The van der Waals surface area contributed by atoms with Gasteiger partial charge in [0.05, 0.1) is 26.4 Å². The van der Waals surface area contributed by atoms with Gasteiger partial charge in [0.15, 0.2) is 24.8 Å². The molecule has 0 amide bonds. The summed E-state index contributed by atoms with van der Waals surface area (Å²) in [6.45, 7) is 3.46. The molecule has 130 valence electrons. The smallest absolute Gasteiger partial charge is 0.252 e. The third kappa shape index (κ3) is 6.33. The standard InChI is InChI=1S/C18H26N2O4/c1-21-11-13-23-15-19-7-3-17(4-8-19)18-5-9-20(10-6-18)16-24-14-12-22-2/h3-10H,11-16H2,1-2H3/q+2. The summed E-state index contributed by atoms with van der Waals surface area (Å²) in [5.41, 5.74) is 2.33. The highest BCUT2D eigenvalue weighted by atomic mass is 16.5. The number of rotatable bonds is 11. The number of pyridine rings is 2. The molecule has 24 heavy (non-hydrogen) atoms. The zero-order chi connectivity index (χ0) is 17.0. The third-order valence-electron chi connectivity index (χ3n) is 3.46. The van der Waals surface area contributed by atoms with Gasteiger partial charge in [0.25, 0.3) is 13.5 Å². The lowest BCUT2D eigenvalue weighted by Gasteiger charge is -2.03. The van der Waals surface area contributed by atoms with Crippen LogP contribution in [-0.2, 0) is 32.4 Å². The second-order valence-corrected chi connectivity index (χ2v) is 5.26. The van der Waals surface area contributed by atoms with Gasteiger partial charge < -0.3 is 18.9 Å². The minimum Gasteiger partial charge on any atom is -0.382 e. The molecule has 0 aromatic carbocycles. The molecular formula is C18H26N2O4+2. The van der Waals surface area contributed by atoms with E-state index in [4.69, 9.17) is 18.9 Å². The van der Waals surface area contributed by atoms with Gasteiger partial charge in [0.1, 0.15) is 0 Å². The SMILES string of the molecule is COCCOC[n+]1ccc(-c2cc[n+](COCCOC)cc2)cc1. The molecule has 6 heteroatoms. The van der Waals surface area contributed by atoms with Crippen molar-refractivity contribution in [3.63, 3.8) is 0 Å². The van der Waals surface area contributed by atoms with Crippen LogP contribution in [0, 0.1) is 0 Å². The predicted molar refractivity (Wildman–Crippen MR) is 87.9 cm³/mol. The third-order valence-corrected chi connectivity index (χ3v) is 3.46. The van der Waals surface area contributed by atoms with E-state index in [-0.39, 0.29) is 0 Å². The summed E-state index contributed by atoms with van der Waals surface area (Å²) in [6, 6.07) is 8.31. The number of methoxy groups -OCH3 is 2. The van der Waals surface area contributed by atoms with Crippen molar-refractivity contribution in [3.05, 3.63) is 49.1 Å². The van der Waals surface area contributed by atoms with Gasteiger partial charge in [-0.3, -0.25) is 0 Å². The van der Waals surface area contributed by atoms with Crippen LogP contribution >= 0.6 is 0 Å². The van der Waals surface area contributed by atoms with Crippen molar-refractivity contribution in [2.45, 2.75) is 13.5 Å². The molecule has 0 saturated heterocycles. The van der Waals surface area contributed by atoms with Gasteiger partial charge in [-0.2, -0.15) is 9.13 Å². The van der Waals surface area contributed by atoms with Crippen LogP contribution in [0.2, 0.25) is 0 Å². The molecule has 0 bridgehead atoms. The largest absolute Gasteiger partial charge is 0.382 e. The topological polar surface area (TPSA) is 44.7 Å². The number of ether oxygens (including phenoxy) is 4. The maximum atomic E-state index is 5.49. The van der Waals surface area contributed by atoms with Crippen LogP contribution in [0.5, 0.6) is 0 Å². The fourth-order valence-electron chi connectivity index (χ4n) is 2.10. The van der Waals surface area contributed by atoms with Crippen molar-refractivity contribution in [1.82, 2.24) is 0 Å². The summed E-state index contributed by atoms with van der Waals surface area (Å²) in [5.74, 6) is 0. The molecule has 2 rings (SSSR count). The van der Waals surface area contributed by atoms with Gasteiger partial charge in [-0.25, -0.2) is 0 Å². The maximum absolute atomic E-state index is 5.49. The van der Waals surface area contributed by atoms with E-state index in [0.29, 0.717) is 39.9 Å². The van der Waals surface area contributed by atoms with E-state index in [9.17, 15) is 0 Å². The lowest BCUT2D eigenvalue weighted by Crippen LogP contribution is -2.35. The predicted octanol–water partition coefficient (Wildman–Crippen LogP) is 1.17. The maximum Gasteiger partial charge on any atom is 0.252 e. The Morgan fingerprint density at radius 1 is 0.625 bits per heavy atom. The van der Waals surface area contributed by atoms with Crippen molar-refractivity contribution in [1.29, 1.82) is 0 Å². The van der Waals surface area contributed by atoms with Crippen molar-refractivity contribution >= 4 is 0 Å². The molecule has 0 radical (unpaired) electrons. The van der Waals surface area contributed by atoms with Crippen molar-refractivity contribution < 1.29 is 28.1 Å². The van der Waals surface area contributed by atoms with Crippen molar-refractivity contribution in [2.24, 2.45) is 0 Å². The highest BCUT2D eigenvalue weighted by Gasteiger charge is 2.06. The average Bonchev–Trinajstić information content (AvgIpc) is 2.64. The number of hydrogen-bond acceptors (Lipinski definition) is 4. The van der Waals surface area contributed by atoms with Crippen LogP contribution in [0.15, 0.2) is 49.1 Å². The summed E-state index contributed by atoms with van der Waals surface area (Å²) < 4.78 is 24.9. The molecular weight excluding hydrogens is 308 g/mol. The summed E-state index contributed by atoms with van der Waals surface area (Å²) in [7, 11) is 3.33. The van der Waals surface area contributed by atoms with Gasteiger partial charge in [-0.1, -0.05) is 0 Å². The average molecular weight is 334 g/mol. The van der Waals surface area contributed by atoms with Crippen LogP contribution in [0.1, 0.15) is 0 Å². The molecule has 2 heterocycles. The summed E-state index contributed by atoms with van der Waals surface area (Å²) in [5, 5.41) is 0. The normalized spacial score (nSPS) is 10.9. The minimum atomic E-state index is 0.525. The molecule has 6 nitrogen and oxygen atoms in total. The van der Waals surface area contributed by atoms with Gasteiger partial charge >= 0.3 is 0 Å². The molecule has 0 N–H and O–H groups in total. The number of nitrogens with zero attached hydrogens (tertiary/aromatic N) is 2. The Hall–Kier alpha value is -1.86. The Bertz CT molecular complexity index is 519. The number of hydrogen-bond donors (Lipinski definition) is 0. The van der Waals surface area contributed by atoms with Gasteiger partial charge in [-0.15, -0.1) is 0 Å². The fourth-order valence-corrected chi connectivity index (χ4v) is 2.10. The first-order valence-corrected chi connectivity index (χ1v) is 7.95. The second kappa shape index (κ2) is 10.8. The van der Waals surface area contributed by atoms with E-state index < -0.39 is 0 Å². The lowest BCUT2D eigenvalue weighted by atomic mass is 10.1. The monoisotopic (exact) mass is 334 g/mol. The summed E-state index contributed by atoms with van der Waals surface area (Å²) >= 11 is 0.